The number of allylic oxidation sites excluding steroid dienone is 2. The Morgan fingerprint density at radius 2 is 2.12 bits per heavy atom. The molecule has 0 unspecified atom stereocenters. The largest absolute Gasteiger partial charge is 0.372 e. The first-order valence-corrected chi connectivity index (χ1v) is 5.78. The summed E-state index contributed by atoms with van der Waals surface area (Å²) in [6, 6.07) is 4.17. The molecule has 2 heteroatoms. The van der Waals surface area contributed by atoms with Crippen molar-refractivity contribution in [3.63, 3.8) is 0 Å². The first-order chi connectivity index (χ1) is 8.17. The van der Waals surface area contributed by atoms with Crippen LogP contribution in [0, 0.1) is 19.8 Å². The number of hydrogen-bond donors (Lipinski definition) is 0. The summed E-state index contributed by atoms with van der Waals surface area (Å²) >= 11 is 0. The van der Waals surface area contributed by atoms with Crippen molar-refractivity contribution in [2.45, 2.75) is 33.7 Å². The number of terminal acetylenes is 1. The summed E-state index contributed by atoms with van der Waals surface area (Å²) in [7, 11) is 2.11. The Hall–Kier alpha value is -1.75. The van der Waals surface area contributed by atoms with Gasteiger partial charge in [-0.05, 0) is 38.0 Å². The van der Waals surface area contributed by atoms with Crippen LogP contribution in [0.5, 0.6) is 0 Å². The average Bonchev–Trinajstić information content (AvgIpc) is 2.33. The molecule has 1 heterocycles. The van der Waals surface area contributed by atoms with E-state index in [9.17, 15) is 0 Å². The lowest BCUT2D eigenvalue weighted by molar-refractivity contribution is 0.393. The van der Waals surface area contributed by atoms with Crippen LogP contribution in [0.1, 0.15) is 31.5 Å². The first kappa shape index (κ1) is 15.2. The summed E-state index contributed by atoms with van der Waals surface area (Å²) in [6.07, 6.45) is 13.1. The highest BCUT2D eigenvalue weighted by atomic mass is 15.1. The minimum Gasteiger partial charge on any atom is -0.372 e. The molecule has 17 heavy (non-hydrogen) atoms. The number of aromatic nitrogens is 1. The zero-order chi connectivity index (χ0) is 13.3. The Bertz CT molecular complexity index is 378. The first-order valence-electron chi connectivity index (χ1n) is 5.78. The number of pyridine rings is 1. The minimum absolute atomic E-state index is 0.884. The van der Waals surface area contributed by atoms with Crippen molar-refractivity contribution in [2.75, 3.05) is 7.05 Å². The highest BCUT2D eigenvalue weighted by molar-refractivity contribution is 5.15. The summed E-state index contributed by atoms with van der Waals surface area (Å²) in [4.78, 5) is 6.61. The zero-order valence-corrected chi connectivity index (χ0v) is 11.3. The Kier molecular flexibility index (Phi) is 7.54. The molecule has 0 amide bonds. The van der Waals surface area contributed by atoms with Crippen molar-refractivity contribution in [1.82, 2.24) is 9.88 Å². The summed E-state index contributed by atoms with van der Waals surface area (Å²) in [5, 5.41) is 0. The van der Waals surface area contributed by atoms with Crippen molar-refractivity contribution in [3.8, 4) is 12.8 Å². The van der Waals surface area contributed by atoms with Gasteiger partial charge in [0.15, 0.2) is 0 Å². The van der Waals surface area contributed by atoms with Crippen LogP contribution in [0.4, 0.5) is 0 Å². The SMILES string of the molecule is C#C.C/C=C(/CC)N(C)Cc1cc(C)ccn1. The lowest BCUT2D eigenvalue weighted by atomic mass is 10.2. The van der Waals surface area contributed by atoms with Gasteiger partial charge in [0.05, 0.1) is 12.2 Å². The number of rotatable bonds is 4. The quantitative estimate of drug-likeness (QED) is 0.737. The number of nitrogens with zero attached hydrogens (tertiary/aromatic N) is 2. The van der Waals surface area contributed by atoms with Gasteiger partial charge < -0.3 is 4.90 Å². The van der Waals surface area contributed by atoms with Crippen molar-refractivity contribution in [3.05, 3.63) is 41.4 Å². The fourth-order valence-electron chi connectivity index (χ4n) is 1.72. The molecule has 0 bridgehead atoms. The fourth-order valence-corrected chi connectivity index (χ4v) is 1.72. The smallest absolute Gasteiger partial charge is 0.0599 e. The standard InChI is InChI=1S/C13H20N2.C2H2/c1-5-13(6-2)15(4)10-12-9-11(3)7-8-14-12;1-2/h5,7-9H,6,10H2,1-4H3;1-2H/b13-5-;. The van der Waals surface area contributed by atoms with Gasteiger partial charge in [0, 0.05) is 18.9 Å². The van der Waals surface area contributed by atoms with E-state index in [-0.39, 0.29) is 0 Å². The predicted molar refractivity (Wildman–Crippen MR) is 74.4 cm³/mol. The fraction of sp³-hybridized carbons (Fsp3) is 0.400. The Labute approximate surface area is 105 Å². The second kappa shape index (κ2) is 8.41. The van der Waals surface area contributed by atoms with E-state index in [4.69, 9.17) is 0 Å². The molecule has 0 atom stereocenters. The molecule has 0 aliphatic rings. The highest BCUT2D eigenvalue weighted by Crippen LogP contribution is 2.10. The van der Waals surface area contributed by atoms with Gasteiger partial charge in [-0.2, -0.15) is 0 Å². The van der Waals surface area contributed by atoms with E-state index in [0.717, 1.165) is 18.7 Å². The van der Waals surface area contributed by atoms with Gasteiger partial charge in [-0.15, -0.1) is 12.8 Å². The maximum absolute atomic E-state index is 4.36. The van der Waals surface area contributed by atoms with Gasteiger partial charge >= 0.3 is 0 Å². The van der Waals surface area contributed by atoms with Crippen molar-refractivity contribution < 1.29 is 0 Å². The Balaban J connectivity index is 0.00000121. The zero-order valence-electron chi connectivity index (χ0n) is 11.3. The minimum atomic E-state index is 0.884. The average molecular weight is 230 g/mol. The van der Waals surface area contributed by atoms with E-state index in [0.29, 0.717) is 0 Å². The molecule has 2 nitrogen and oxygen atoms in total. The molecule has 0 saturated heterocycles. The maximum atomic E-state index is 4.36. The second-order valence-electron chi connectivity index (χ2n) is 3.81. The lowest BCUT2D eigenvalue weighted by Crippen LogP contribution is -2.17. The number of aryl methyl sites for hydroxylation is 1. The molecule has 0 aliphatic carbocycles. The van der Waals surface area contributed by atoms with Crippen LogP contribution in [0.25, 0.3) is 0 Å². The summed E-state index contributed by atoms with van der Waals surface area (Å²) in [5.74, 6) is 0. The van der Waals surface area contributed by atoms with Gasteiger partial charge in [0.2, 0.25) is 0 Å². The molecule has 1 rings (SSSR count). The van der Waals surface area contributed by atoms with E-state index in [1.165, 1.54) is 11.3 Å². The molecular formula is C15H22N2. The monoisotopic (exact) mass is 230 g/mol. The molecular weight excluding hydrogens is 208 g/mol. The molecule has 0 radical (unpaired) electrons. The molecule has 1 aromatic rings. The van der Waals surface area contributed by atoms with Gasteiger partial charge in [-0.3, -0.25) is 4.98 Å². The van der Waals surface area contributed by atoms with Crippen LogP contribution < -0.4 is 0 Å². The van der Waals surface area contributed by atoms with Gasteiger partial charge in [0.25, 0.3) is 0 Å². The normalized spacial score (nSPS) is 10.4. The third-order valence-corrected chi connectivity index (χ3v) is 2.56. The van der Waals surface area contributed by atoms with Crippen molar-refractivity contribution in [1.29, 1.82) is 0 Å². The molecule has 92 valence electrons. The second-order valence-corrected chi connectivity index (χ2v) is 3.81. The Morgan fingerprint density at radius 3 is 2.59 bits per heavy atom. The molecule has 0 spiro atoms. The van der Waals surface area contributed by atoms with E-state index in [1.54, 1.807) is 0 Å². The molecule has 0 aromatic carbocycles. The number of hydrogen-bond acceptors (Lipinski definition) is 2. The lowest BCUT2D eigenvalue weighted by Gasteiger charge is -2.21. The van der Waals surface area contributed by atoms with E-state index < -0.39 is 0 Å². The van der Waals surface area contributed by atoms with Crippen LogP contribution in [0.15, 0.2) is 30.1 Å². The van der Waals surface area contributed by atoms with E-state index >= 15 is 0 Å². The summed E-state index contributed by atoms with van der Waals surface area (Å²) in [6.45, 7) is 7.24. The molecule has 0 aliphatic heterocycles. The van der Waals surface area contributed by atoms with Crippen molar-refractivity contribution in [2.24, 2.45) is 0 Å². The van der Waals surface area contributed by atoms with Gasteiger partial charge in [0.1, 0.15) is 0 Å². The highest BCUT2D eigenvalue weighted by Gasteiger charge is 2.03. The molecule has 0 saturated carbocycles. The van der Waals surface area contributed by atoms with E-state index in [1.807, 2.05) is 12.3 Å². The topological polar surface area (TPSA) is 16.1 Å². The molecule has 1 aromatic heterocycles. The Morgan fingerprint density at radius 1 is 1.47 bits per heavy atom. The van der Waals surface area contributed by atoms with Crippen molar-refractivity contribution >= 4 is 0 Å². The van der Waals surface area contributed by atoms with Crippen LogP contribution in [-0.4, -0.2) is 16.9 Å². The van der Waals surface area contributed by atoms with Crippen LogP contribution >= 0.6 is 0 Å². The summed E-state index contributed by atoms with van der Waals surface area (Å²) in [5.41, 5.74) is 3.76. The third-order valence-electron chi connectivity index (χ3n) is 2.56. The predicted octanol–water partition coefficient (Wildman–Crippen LogP) is 3.39. The maximum Gasteiger partial charge on any atom is 0.0599 e. The van der Waals surface area contributed by atoms with Crippen LogP contribution in [-0.2, 0) is 6.54 Å². The van der Waals surface area contributed by atoms with Gasteiger partial charge in [-0.1, -0.05) is 13.0 Å². The third kappa shape index (κ3) is 5.21. The molecule has 0 fully saturated rings. The summed E-state index contributed by atoms with van der Waals surface area (Å²) < 4.78 is 0. The van der Waals surface area contributed by atoms with E-state index in [2.05, 4.69) is 62.7 Å². The van der Waals surface area contributed by atoms with Crippen LogP contribution in [0.3, 0.4) is 0 Å². The molecule has 0 N–H and O–H groups in total. The van der Waals surface area contributed by atoms with Gasteiger partial charge in [-0.25, -0.2) is 0 Å². The van der Waals surface area contributed by atoms with Crippen LogP contribution in [0.2, 0.25) is 0 Å².